The van der Waals surface area contributed by atoms with Crippen molar-refractivity contribution < 1.29 is 28.2 Å². The van der Waals surface area contributed by atoms with Crippen LogP contribution in [0.25, 0.3) is 0 Å². The minimum Gasteiger partial charge on any atom is -0.481 e. The van der Waals surface area contributed by atoms with E-state index >= 15 is 0 Å². The molecular formula is C12H19F2NO4. The van der Waals surface area contributed by atoms with Crippen molar-refractivity contribution in [2.45, 2.75) is 45.6 Å². The van der Waals surface area contributed by atoms with Crippen LogP contribution in [0.5, 0.6) is 0 Å². The number of halogens is 2. The number of amides is 1. The van der Waals surface area contributed by atoms with Crippen molar-refractivity contribution in [1.29, 1.82) is 0 Å². The molecular weight excluding hydrogens is 260 g/mol. The largest absolute Gasteiger partial charge is 0.481 e. The number of carboxylic acid groups (broad SMARTS) is 1. The quantitative estimate of drug-likeness (QED) is 0.800. The Hall–Kier alpha value is -1.40. The molecule has 1 amide bonds. The summed E-state index contributed by atoms with van der Waals surface area (Å²) in [6, 6.07) is 0. The van der Waals surface area contributed by atoms with Gasteiger partial charge in [0.25, 0.3) is 5.92 Å². The van der Waals surface area contributed by atoms with Crippen LogP contribution in [0.3, 0.4) is 0 Å². The van der Waals surface area contributed by atoms with E-state index in [0.29, 0.717) is 0 Å². The van der Waals surface area contributed by atoms with E-state index in [1.807, 2.05) is 0 Å². The zero-order chi connectivity index (χ0) is 15.1. The highest BCUT2D eigenvalue weighted by molar-refractivity contribution is 5.78. The van der Waals surface area contributed by atoms with Gasteiger partial charge in [0.05, 0.1) is 0 Å². The van der Waals surface area contributed by atoms with Crippen LogP contribution in [0.1, 0.15) is 34.1 Å². The van der Waals surface area contributed by atoms with Gasteiger partial charge in [-0.25, -0.2) is 13.6 Å². The van der Waals surface area contributed by atoms with Crippen LogP contribution in [-0.4, -0.2) is 46.7 Å². The van der Waals surface area contributed by atoms with Crippen molar-refractivity contribution in [2.75, 3.05) is 13.1 Å². The maximum atomic E-state index is 13.7. The van der Waals surface area contributed by atoms with Crippen LogP contribution in [0.15, 0.2) is 0 Å². The first kappa shape index (κ1) is 15.7. The fourth-order valence-corrected chi connectivity index (χ4v) is 1.83. The fraction of sp³-hybridized carbons (Fsp3) is 0.833. The summed E-state index contributed by atoms with van der Waals surface area (Å²) >= 11 is 0. The molecule has 0 unspecified atom stereocenters. The fourth-order valence-electron chi connectivity index (χ4n) is 1.83. The SMILES string of the molecule is CC(C)(C)OC(=O)N1CCC(F)(F)[C@](C)(C(=O)O)C1. The van der Waals surface area contributed by atoms with E-state index in [1.54, 1.807) is 20.8 Å². The average Bonchev–Trinajstić information content (AvgIpc) is 2.19. The van der Waals surface area contributed by atoms with Crippen LogP contribution in [0.4, 0.5) is 13.6 Å². The van der Waals surface area contributed by atoms with Crippen molar-refractivity contribution in [1.82, 2.24) is 4.90 Å². The molecule has 1 atom stereocenters. The highest BCUT2D eigenvalue weighted by Gasteiger charge is 2.59. The van der Waals surface area contributed by atoms with Crippen LogP contribution in [-0.2, 0) is 9.53 Å². The summed E-state index contributed by atoms with van der Waals surface area (Å²) in [6.45, 7) is 5.13. The summed E-state index contributed by atoms with van der Waals surface area (Å²) in [7, 11) is 0. The number of piperidine rings is 1. The second kappa shape index (κ2) is 4.61. The molecule has 0 saturated carbocycles. The Bertz CT molecular complexity index is 392. The molecule has 1 aliphatic rings. The highest BCUT2D eigenvalue weighted by Crippen LogP contribution is 2.43. The number of carboxylic acids is 1. The van der Waals surface area contributed by atoms with Gasteiger partial charge in [0, 0.05) is 19.5 Å². The van der Waals surface area contributed by atoms with Crippen molar-refractivity contribution in [3.63, 3.8) is 0 Å². The standard InChI is InChI=1S/C12H19F2NO4/c1-10(2,3)19-9(18)15-6-5-12(13,14)11(4,7-15)8(16)17/h5-7H2,1-4H3,(H,16,17)/t11-/m0/s1. The van der Waals surface area contributed by atoms with Gasteiger partial charge >= 0.3 is 12.1 Å². The number of ether oxygens (including phenoxy) is 1. The third kappa shape index (κ3) is 3.13. The van der Waals surface area contributed by atoms with Crippen LogP contribution in [0, 0.1) is 5.41 Å². The second-order valence-electron chi connectivity index (χ2n) is 5.99. The maximum Gasteiger partial charge on any atom is 0.410 e. The molecule has 0 aliphatic carbocycles. The van der Waals surface area contributed by atoms with Gasteiger partial charge < -0.3 is 14.7 Å². The van der Waals surface area contributed by atoms with Gasteiger partial charge in [-0.05, 0) is 27.7 Å². The lowest BCUT2D eigenvalue weighted by atomic mass is 9.78. The van der Waals surface area contributed by atoms with E-state index in [1.165, 1.54) is 0 Å². The number of carbonyl (C=O) groups is 2. The lowest BCUT2D eigenvalue weighted by molar-refractivity contribution is -0.190. The van der Waals surface area contributed by atoms with E-state index in [-0.39, 0.29) is 6.54 Å². The molecule has 1 fully saturated rings. The van der Waals surface area contributed by atoms with Crippen molar-refractivity contribution in [3.8, 4) is 0 Å². The van der Waals surface area contributed by atoms with Crippen LogP contribution < -0.4 is 0 Å². The van der Waals surface area contributed by atoms with E-state index in [4.69, 9.17) is 9.84 Å². The average molecular weight is 279 g/mol. The molecule has 7 heteroatoms. The van der Waals surface area contributed by atoms with E-state index in [0.717, 1.165) is 11.8 Å². The molecule has 0 aromatic carbocycles. The summed E-state index contributed by atoms with van der Waals surface area (Å²) in [5.74, 6) is -4.97. The Morgan fingerprint density at radius 2 is 1.84 bits per heavy atom. The minimum atomic E-state index is -3.35. The monoisotopic (exact) mass is 279 g/mol. The number of hydrogen-bond acceptors (Lipinski definition) is 3. The summed E-state index contributed by atoms with van der Waals surface area (Å²) < 4.78 is 32.5. The van der Waals surface area contributed by atoms with Gasteiger partial charge in [-0.3, -0.25) is 4.79 Å². The van der Waals surface area contributed by atoms with E-state index < -0.39 is 42.0 Å². The Kier molecular flexibility index (Phi) is 3.80. The second-order valence-corrected chi connectivity index (χ2v) is 5.99. The van der Waals surface area contributed by atoms with Crippen LogP contribution >= 0.6 is 0 Å². The lowest BCUT2D eigenvalue weighted by Crippen LogP contribution is -2.59. The number of nitrogens with zero attached hydrogens (tertiary/aromatic N) is 1. The predicted octanol–water partition coefficient (Wildman–Crippen LogP) is 2.35. The first-order chi connectivity index (χ1) is 8.39. The zero-order valence-corrected chi connectivity index (χ0v) is 11.5. The number of alkyl halides is 2. The summed E-state index contributed by atoms with van der Waals surface area (Å²) in [5, 5.41) is 9.01. The summed E-state index contributed by atoms with van der Waals surface area (Å²) in [5.41, 5.74) is -3.04. The predicted molar refractivity (Wildman–Crippen MR) is 63.1 cm³/mol. The van der Waals surface area contributed by atoms with Crippen LogP contribution in [0.2, 0.25) is 0 Å². The van der Waals surface area contributed by atoms with Gasteiger partial charge in [0.15, 0.2) is 0 Å². The van der Waals surface area contributed by atoms with Crippen molar-refractivity contribution in [3.05, 3.63) is 0 Å². The molecule has 1 saturated heterocycles. The Morgan fingerprint density at radius 1 is 1.32 bits per heavy atom. The first-order valence-corrected chi connectivity index (χ1v) is 5.98. The molecule has 0 aromatic rings. The number of likely N-dealkylation sites (tertiary alicyclic amines) is 1. The third-order valence-corrected chi connectivity index (χ3v) is 3.13. The molecule has 1 heterocycles. The van der Waals surface area contributed by atoms with Crippen molar-refractivity contribution in [2.24, 2.45) is 5.41 Å². The van der Waals surface area contributed by atoms with Gasteiger partial charge in [0.1, 0.15) is 11.0 Å². The Balaban J connectivity index is 2.88. The van der Waals surface area contributed by atoms with Gasteiger partial charge in [0.2, 0.25) is 0 Å². The van der Waals surface area contributed by atoms with Gasteiger partial charge in [-0.2, -0.15) is 0 Å². The number of rotatable bonds is 1. The van der Waals surface area contributed by atoms with E-state index in [9.17, 15) is 18.4 Å². The minimum absolute atomic E-state index is 0.217. The normalized spacial score (nSPS) is 26.9. The van der Waals surface area contributed by atoms with E-state index in [2.05, 4.69) is 0 Å². The maximum absolute atomic E-state index is 13.7. The molecule has 0 aromatic heterocycles. The molecule has 110 valence electrons. The molecule has 5 nitrogen and oxygen atoms in total. The Morgan fingerprint density at radius 3 is 2.26 bits per heavy atom. The van der Waals surface area contributed by atoms with Gasteiger partial charge in [-0.15, -0.1) is 0 Å². The molecule has 1 N–H and O–H groups in total. The molecule has 1 aliphatic heterocycles. The number of aliphatic carboxylic acids is 1. The Labute approximate surface area is 110 Å². The van der Waals surface area contributed by atoms with Gasteiger partial charge in [-0.1, -0.05) is 0 Å². The zero-order valence-electron chi connectivity index (χ0n) is 11.5. The number of carbonyl (C=O) groups excluding carboxylic acids is 1. The molecule has 0 radical (unpaired) electrons. The lowest BCUT2D eigenvalue weighted by Gasteiger charge is -2.43. The third-order valence-electron chi connectivity index (χ3n) is 3.13. The highest BCUT2D eigenvalue weighted by atomic mass is 19.3. The first-order valence-electron chi connectivity index (χ1n) is 5.98. The molecule has 0 bridgehead atoms. The van der Waals surface area contributed by atoms with Crippen molar-refractivity contribution >= 4 is 12.1 Å². The smallest absolute Gasteiger partial charge is 0.410 e. The molecule has 0 spiro atoms. The molecule has 19 heavy (non-hydrogen) atoms. The number of hydrogen-bond donors (Lipinski definition) is 1. The summed E-state index contributed by atoms with van der Waals surface area (Å²) in [6.07, 6.45) is -1.45. The summed E-state index contributed by atoms with van der Waals surface area (Å²) in [4.78, 5) is 23.9. The topological polar surface area (TPSA) is 66.8 Å². The molecule has 1 rings (SSSR count).